The summed E-state index contributed by atoms with van der Waals surface area (Å²) in [5.74, 6) is -0.275. The number of nitrogens with one attached hydrogen (secondary N) is 1. The third-order valence-electron chi connectivity index (χ3n) is 15.1. The first-order valence-electron chi connectivity index (χ1n) is 31.5. The summed E-state index contributed by atoms with van der Waals surface area (Å²) in [6.45, 7) is 4.31. The molecule has 0 bridgehead atoms. The van der Waals surface area contributed by atoms with Gasteiger partial charge in [0.05, 0.1) is 31.3 Å². The highest BCUT2D eigenvalue weighted by atomic mass is 16.3. The lowest BCUT2D eigenvalue weighted by atomic mass is 10.0. The van der Waals surface area contributed by atoms with Gasteiger partial charge < -0.3 is 20.6 Å². The molecule has 3 unspecified atom stereocenters. The molecule has 0 aliphatic rings. The zero-order valence-electron chi connectivity index (χ0n) is 46.5. The number of amides is 1. The van der Waals surface area contributed by atoms with Crippen LogP contribution in [0, 0.1) is 0 Å². The zero-order valence-corrected chi connectivity index (χ0v) is 46.5. The largest absolute Gasteiger partial charge is 0.394 e. The second-order valence-corrected chi connectivity index (χ2v) is 22.0. The number of rotatable bonds is 59. The fraction of sp³-hybridized carbons (Fsp3) is 0.952. The van der Waals surface area contributed by atoms with Gasteiger partial charge in [0.15, 0.2) is 0 Å². The summed E-state index contributed by atoms with van der Waals surface area (Å²) in [6, 6.07) is -0.657. The van der Waals surface area contributed by atoms with Gasteiger partial charge in [0.1, 0.15) is 0 Å². The first-order chi connectivity index (χ1) is 33.5. The molecule has 0 heterocycles. The predicted molar refractivity (Wildman–Crippen MR) is 301 cm³/mol. The molecule has 0 saturated heterocycles. The van der Waals surface area contributed by atoms with Crippen molar-refractivity contribution < 1.29 is 20.1 Å². The molecule has 68 heavy (non-hydrogen) atoms. The maximum Gasteiger partial charge on any atom is 0.222 e. The van der Waals surface area contributed by atoms with Gasteiger partial charge in [-0.15, -0.1) is 0 Å². The van der Waals surface area contributed by atoms with Crippen LogP contribution in [0.25, 0.3) is 0 Å². The number of unbranched alkanes of at least 4 members (excludes halogenated alkanes) is 48. The van der Waals surface area contributed by atoms with Crippen LogP contribution in [0.1, 0.15) is 361 Å². The van der Waals surface area contributed by atoms with Crippen molar-refractivity contribution in [1.82, 2.24) is 5.32 Å². The molecule has 0 aromatic carbocycles. The Kier molecular flexibility index (Phi) is 57.9. The highest BCUT2D eigenvalue weighted by Crippen LogP contribution is 2.19. The van der Waals surface area contributed by atoms with E-state index in [1.165, 1.54) is 302 Å². The molecule has 0 aliphatic heterocycles. The van der Waals surface area contributed by atoms with Gasteiger partial charge in [0.25, 0.3) is 0 Å². The van der Waals surface area contributed by atoms with Crippen molar-refractivity contribution in [3.63, 3.8) is 0 Å². The van der Waals surface area contributed by atoms with E-state index in [4.69, 9.17) is 0 Å². The third kappa shape index (κ3) is 54.4. The summed E-state index contributed by atoms with van der Waals surface area (Å²) in [5.41, 5.74) is 0. The van der Waals surface area contributed by atoms with Crippen LogP contribution in [0.5, 0.6) is 0 Å². The van der Waals surface area contributed by atoms with E-state index >= 15 is 0 Å². The molecule has 406 valence electrons. The monoisotopic (exact) mass is 960 g/mol. The van der Waals surface area contributed by atoms with Crippen LogP contribution in [0.3, 0.4) is 0 Å². The van der Waals surface area contributed by atoms with Crippen molar-refractivity contribution in [1.29, 1.82) is 0 Å². The highest BCUT2D eigenvalue weighted by molar-refractivity contribution is 5.76. The summed E-state index contributed by atoms with van der Waals surface area (Å²) in [5, 5.41) is 33.7. The van der Waals surface area contributed by atoms with E-state index in [1.807, 2.05) is 0 Å². The first kappa shape index (κ1) is 67.1. The molecule has 5 nitrogen and oxygen atoms in total. The van der Waals surface area contributed by atoms with Crippen LogP contribution < -0.4 is 5.32 Å². The Balaban J connectivity index is 3.48. The Hall–Kier alpha value is -0.910. The molecule has 0 aromatic heterocycles. The number of carbonyl (C=O) groups excluding carboxylic acids is 1. The molecular weight excluding hydrogens is 835 g/mol. The van der Waals surface area contributed by atoms with Gasteiger partial charge in [-0.3, -0.25) is 4.79 Å². The molecular formula is C63H125NO4. The summed E-state index contributed by atoms with van der Waals surface area (Å²) in [4.78, 5) is 12.6. The predicted octanol–water partition coefficient (Wildman–Crippen LogP) is 19.8. The number of hydrogen-bond acceptors (Lipinski definition) is 4. The van der Waals surface area contributed by atoms with Gasteiger partial charge in [0.2, 0.25) is 5.91 Å². The Morgan fingerprint density at radius 3 is 0.853 bits per heavy atom. The van der Waals surface area contributed by atoms with Gasteiger partial charge in [0, 0.05) is 0 Å². The van der Waals surface area contributed by atoms with Crippen LogP contribution in [0.4, 0.5) is 0 Å². The van der Waals surface area contributed by atoms with Gasteiger partial charge in [-0.25, -0.2) is 0 Å². The number of hydrogen-bond donors (Lipinski definition) is 4. The fourth-order valence-electron chi connectivity index (χ4n) is 10.3. The lowest BCUT2D eigenvalue weighted by Crippen LogP contribution is -2.46. The summed E-state index contributed by atoms with van der Waals surface area (Å²) >= 11 is 0. The van der Waals surface area contributed by atoms with Crippen LogP contribution in [-0.2, 0) is 4.79 Å². The van der Waals surface area contributed by atoms with Crippen molar-refractivity contribution in [2.75, 3.05) is 6.61 Å². The molecule has 0 rings (SSSR count). The van der Waals surface area contributed by atoms with E-state index in [2.05, 4.69) is 31.3 Å². The van der Waals surface area contributed by atoms with Gasteiger partial charge in [-0.2, -0.15) is 0 Å². The maximum atomic E-state index is 12.6. The van der Waals surface area contributed by atoms with E-state index in [9.17, 15) is 20.1 Å². The molecule has 4 N–H and O–H groups in total. The van der Waals surface area contributed by atoms with E-state index in [0.717, 1.165) is 25.7 Å². The third-order valence-corrected chi connectivity index (χ3v) is 15.1. The topological polar surface area (TPSA) is 89.8 Å². The van der Waals surface area contributed by atoms with Crippen molar-refractivity contribution in [2.24, 2.45) is 0 Å². The minimum absolute atomic E-state index is 0.0406. The first-order valence-corrected chi connectivity index (χ1v) is 31.5. The molecule has 0 radical (unpaired) electrons. The molecule has 5 heteroatoms. The Morgan fingerprint density at radius 1 is 0.353 bits per heavy atom. The van der Waals surface area contributed by atoms with E-state index < -0.39 is 18.2 Å². The van der Waals surface area contributed by atoms with Crippen LogP contribution >= 0.6 is 0 Å². The van der Waals surface area contributed by atoms with Crippen molar-refractivity contribution in [2.45, 2.75) is 379 Å². The van der Waals surface area contributed by atoms with Crippen molar-refractivity contribution >= 4 is 5.91 Å². The van der Waals surface area contributed by atoms with Gasteiger partial charge in [-0.1, -0.05) is 328 Å². The number of carbonyl (C=O) groups is 1. The molecule has 0 aromatic rings. The molecule has 0 saturated carbocycles. The van der Waals surface area contributed by atoms with Crippen molar-refractivity contribution in [3.8, 4) is 0 Å². The SMILES string of the molecule is CCCCCCCCCCCCCC/C=C\CCCCCCCCCCCCCCC(O)CC(=O)NC(CO)C(O)CCCCCCCCCCCCCCCCCCCCCCCCCCC. The molecule has 3 atom stereocenters. The fourth-order valence-corrected chi connectivity index (χ4v) is 10.3. The Morgan fingerprint density at radius 2 is 0.588 bits per heavy atom. The molecule has 0 aliphatic carbocycles. The second kappa shape index (κ2) is 58.7. The van der Waals surface area contributed by atoms with E-state index in [-0.39, 0.29) is 18.9 Å². The average molecular weight is 961 g/mol. The Bertz CT molecular complexity index is 971. The van der Waals surface area contributed by atoms with E-state index in [0.29, 0.717) is 12.8 Å². The van der Waals surface area contributed by atoms with Crippen LogP contribution in [0.15, 0.2) is 12.2 Å². The number of aliphatic hydroxyl groups excluding tert-OH is 3. The minimum Gasteiger partial charge on any atom is -0.394 e. The van der Waals surface area contributed by atoms with Crippen molar-refractivity contribution in [3.05, 3.63) is 12.2 Å². The summed E-state index contributed by atoms with van der Waals surface area (Å²) in [6.07, 6.45) is 74.0. The molecule has 0 fully saturated rings. The zero-order chi connectivity index (χ0) is 49.3. The summed E-state index contributed by atoms with van der Waals surface area (Å²) < 4.78 is 0. The smallest absolute Gasteiger partial charge is 0.222 e. The molecule has 0 spiro atoms. The van der Waals surface area contributed by atoms with Crippen LogP contribution in [-0.4, -0.2) is 46.1 Å². The number of allylic oxidation sites excluding steroid dienone is 2. The molecule has 1 amide bonds. The van der Waals surface area contributed by atoms with E-state index in [1.54, 1.807) is 0 Å². The lowest BCUT2D eigenvalue weighted by molar-refractivity contribution is -0.125. The average Bonchev–Trinajstić information content (AvgIpc) is 3.33. The maximum absolute atomic E-state index is 12.6. The second-order valence-electron chi connectivity index (χ2n) is 22.0. The van der Waals surface area contributed by atoms with Gasteiger partial charge >= 0.3 is 0 Å². The highest BCUT2D eigenvalue weighted by Gasteiger charge is 2.21. The normalized spacial score (nSPS) is 13.2. The van der Waals surface area contributed by atoms with Gasteiger partial charge in [-0.05, 0) is 38.5 Å². The lowest BCUT2D eigenvalue weighted by Gasteiger charge is -2.23. The quantitative estimate of drug-likeness (QED) is 0.0361. The summed E-state index contributed by atoms with van der Waals surface area (Å²) in [7, 11) is 0. The standard InChI is InChI=1S/C63H125NO4/c1-3-5-7-9-11-13-15-17-19-21-23-25-27-29-30-31-33-34-36-38-40-42-44-46-48-50-52-54-56-60(66)58-63(68)64-61(59-65)62(67)57-55-53-51-49-47-45-43-41-39-37-35-32-28-26-24-22-20-18-16-14-12-10-8-6-4-2/h29-30,60-62,65-67H,3-28,31-59H2,1-2H3,(H,64,68)/b30-29-. The minimum atomic E-state index is -0.748. The Labute approximate surface area is 427 Å². The van der Waals surface area contributed by atoms with Crippen LogP contribution in [0.2, 0.25) is 0 Å². The number of aliphatic hydroxyl groups is 3.